The molecule has 1 fully saturated rings. The second-order valence-corrected chi connectivity index (χ2v) is 8.49. The van der Waals surface area contributed by atoms with Crippen LogP contribution in [0, 0.1) is 5.82 Å². The Labute approximate surface area is 188 Å². The van der Waals surface area contributed by atoms with Crippen LogP contribution in [0.25, 0.3) is 10.1 Å². The zero-order valence-electron chi connectivity index (χ0n) is 17.6. The third-order valence-corrected chi connectivity index (χ3v) is 6.48. The first-order chi connectivity index (χ1) is 15.5. The maximum atomic E-state index is 14.5. The maximum Gasteiger partial charge on any atom is 0.348 e. The Bertz CT molecular complexity index is 1170. The molecule has 0 spiro atoms. The van der Waals surface area contributed by atoms with Crippen LogP contribution < -0.4 is 0 Å². The predicted octanol–water partition coefficient (Wildman–Crippen LogP) is 4.70. The summed E-state index contributed by atoms with van der Waals surface area (Å²) in [5.74, 6) is -1.50. The lowest BCUT2D eigenvalue weighted by Gasteiger charge is -2.15. The van der Waals surface area contributed by atoms with Crippen molar-refractivity contribution in [2.45, 2.75) is 32.9 Å². The first kappa shape index (κ1) is 22.0. The van der Waals surface area contributed by atoms with Crippen LogP contribution in [0.2, 0.25) is 0 Å². The molecular weight excluding hydrogens is 433 g/mol. The Morgan fingerprint density at radius 2 is 1.88 bits per heavy atom. The molecule has 8 heteroatoms. The average molecular weight is 456 g/mol. The van der Waals surface area contributed by atoms with Crippen LogP contribution in [0.3, 0.4) is 0 Å². The summed E-state index contributed by atoms with van der Waals surface area (Å²) in [5.41, 5.74) is 1.56. The van der Waals surface area contributed by atoms with Crippen molar-refractivity contribution < 1.29 is 28.2 Å². The molecule has 0 N–H and O–H groups in total. The van der Waals surface area contributed by atoms with Gasteiger partial charge in [-0.1, -0.05) is 18.2 Å². The standard InChI is InChI=1S/C24H22FNO5S/c1-2-30-24(29)22-17(21-18(25)5-3-6-19(21)32-22)14-31-23(28)16-10-8-15(9-11-16)13-26-12-4-7-20(26)27/h3,5-6,8-11H,2,4,7,12-14H2,1H3. The zero-order chi connectivity index (χ0) is 22.7. The number of hydrogen-bond acceptors (Lipinski definition) is 6. The molecule has 0 unspecified atom stereocenters. The molecule has 4 rings (SSSR count). The largest absolute Gasteiger partial charge is 0.462 e. The Hall–Kier alpha value is -3.26. The molecule has 0 bridgehead atoms. The fourth-order valence-electron chi connectivity index (χ4n) is 3.73. The Kier molecular flexibility index (Phi) is 6.50. The van der Waals surface area contributed by atoms with Crippen LogP contribution in [0.15, 0.2) is 42.5 Å². The topological polar surface area (TPSA) is 72.9 Å². The summed E-state index contributed by atoms with van der Waals surface area (Å²) in [6.45, 7) is 2.88. The van der Waals surface area contributed by atoms with Gasteiger partial charge in [0.2, 0.25) is 5.91 Å². The van der Waals surface area contributed by atoms with E-state index < -0.39 is 17.8 Å². The molecule has 0 saturated carbocycles. The van der Waals surface area contributed by atoms with E-state index in [2.05, 4.69) is 0 Å². The van der Waals surface area contributed by atoms with Crippen molar-refractivity contribution >= 4 is 39.3 Å². The Morgan fingerprint density at radius 1 is 1.09 bits per heavy atom. The highest BCUT2D eigenvalue weighted by atomic mass is 32.1. The van der Waals surface area contributed by atoms with Crippen LogP contribution in [-0.2, 0) is 27.4 Å². The van der Waals surface area contributed by atoms with Gasteiger partial charge in [-0.3, -0.25) is 4.79 Å². The molecule has 1 aromatic heterocycles. The first-order valence-electron chi connectivity index (χ1n) is 10.4. The Balaban J connectivity index is 1.49. The molecule has 1 saturated heterocycles. The number of halogens is 1. The van der Waals surface area contributed by atoms with Gasteiger partial charge >= 0.3 is 11.9 Å². The predicted molar refractivity (Wildman–Crippen MR) is 118 cm³/mol. The summed E-state index contributed by atoms with van der Waals surface area (Å²) in [6.07, 6.45) is 1.45. The minimum Gasteiger partial charge on any atom is -0.462 e. The van der Waals surface area contributed by atoms with Gasteiger partial charge in [0.15, 0.2) is 0 Å². The van der Waals surface area contributed by atoms with E-state index in [1.54, 1.807) is 48.2 Å². The third kappa shape index (κ3) is 4.50. The van der Waals surface area contributed by atoms with E-state index in [4.69, 9.17) is 9.47 Å². The summed E-state index contributed by atoms with van der Waals surface area (Å²) >= 11 is 1.11. The molecule has 1 amide bonds. The number of thiophene rings is 1. The number of fused-ring (bicyclic) bond motifs is 1. The number of carbonyl (C=O) groups is 3. The SMILES string of the molecule is CCOC(=O)c1sc2cccc(F)c2c1COC(=O)c1ccc(CN2CCCC2=O)cc1. The van der Waals surface area contributed by atoms with Crippen molar-refractivity contribution in [2.24, 2.45) is 0 Å². The number of nitrogens with zero attached hydrogens (tertiary/aromatic N) is 1. The molecule has 2 heterocycles. The lowest BCUT2D eigenvalue weighted by Crippen LogP contribution is -2.23. The summed E-state index contributed by atoms with van der Waals surface area (Å²) in [5, 5.41) is 0.263. The monoisotopic (exact) mass is 455 g/mol. The van der Waals surface area contributed by atoms with E-state index in [9.17, 15) is 18.8 Å². The zero-order valence-corrected chi connectivity index (χ0v) is 18.4. The van der Waals surface area contributed by atoms with Gasteiger partial charge in [-0.05, 0) is 43.2 Å². The molecule has 3 aromatic rings. The van der Waals surface area contributed by atoms with Crippen molar-refractivity contribution in [3.8, 4) is 0 Å². The average Bonchev–Trinajstić information content (AvgIpc) is 3.37. The van der Waals surface area contributed by atoms with Gasteiger partial charge in [-0.15, -0.1) is 11.3 Å². The smallest absolute Gasteiger partial charge is 0.348 e. The van der Waals surface area contributed by atoms with Crippen molar-refractivity contribution in [2.75, 3.05) is 13.2 Å². The molecule has 6 nitrogen and oxygen atoms in total. The first-order valence-corrected chi connectivity index (χ1v) is 11.2. The molecule has 2 aromatic carbocycles. The molecule has 0 atom stereocenters. The third-order valence-electron chi connectivity index (χ3n) is 5.31. The van der Waals surface area contributed by atoms with E-state index in [0.717, 1.165) is 29.9 Å². The summed E-state index contributed by atoms with van der Waals surface area (Å²) in [6, 6.07) is 11.4. The van der Waals surface area contributed by atoms with E-state index >= 15 is 0 Å². The van der Waals surface area contributed by atoms with Crippen molar-refractivity contribution in [1.82, 2.24) is 4.90 Å². The second kappa shape index (κ2) is 9.48. The highest BCUT2D eigenvalue weighted by Gasteiger charge is 2.23. The van der Waals surface area contributed by atoms with Gasteiger partial charge in [0.25, 0.3) is 0 Å². The van der Waals surface area contributed by atoms with Crippen LogP contribution in [-0.4, -0.2) is 35.9 Å². The van der Waals surface area contributed by atoms with Crippen LogP contribution >= 0.6 is 11.3 Å². The molecule has 0 aliphatic carbocycles. The lowest BCUT2D eigenvalue weighted by atomic mass is 10.1. The van der Waals surface area contributed by atoms with Crippen molar-refractivity contribution in [3.05, 3.63) is 69.8 Å². The van der Waals surface area contributed by atoms with Crippen molar-refractivity contribution in [3.63, 3.8) is 0 Å². The van der Waals surface area contributed by atoms with Gasteiger partial charge in [0.1, 0.15) is 17.3 Å². The molecule has 166 valence electrons. The highest BCUT2D eigenvalue weighted by Crippen LogP contribution is 2.34. The fourth-order valence-corrected chi connectivity index (χ4v) is 4.84. The van der Waals surface area contributed by atoms with E-state index in [0.29, 0.717) is 28.8 Å². The molecular formula is C24H22FNO5S. The van der Waals surface area contributed by atoms with Gasteiger partial charge in [-0.2, -0.15) is 0 Å². The highest BCUT2D eigenvalue weighted by molar-refractivity contribution is 7.21. The fraction of sp³-hybridized carbons (Fsp3) is 0.292. The van der Waals surface area contributed by atoms with E-state index in [1.807, 2.05) is 0 Å². The second-order valence-electron chi connectivity index (χ2n) is 7.44. The quantitative estimate of drug-likeness (QED) is 0.483. The number of ether oxygens (including phenoxy) is 2. The lowest BCUT2D eigenvalue weighted by molar-refractivity contribution is -0.128. The molecule has 1 aliphatic heterocycles. The normalized spacial score (nSPS) is 13.6. The van der Waals surface area contributed by atoms with Crippen molar-refractivity contribution in [1.29, 1.82) is 0 Å². The van der Waals surface area contributed by atoms with Crippen LogP contribution in [0.5, 0.6) is 0 Å². The van der Waals surface area contributed by atoms with Gasteiger partial charge < -0.3 is 14.4 Å². The van der Waals surface area contributed by atoms with Gasteiger partial charge in [0.05, 0.1) is 12.2 Å². The van der Waals surface area contributed by atoms with E-state index in [-0.39, 0.29) is 29.4 Å². The number of rotatable bonds is 7. The molecule has 0 radical (unpaired) electrons. The summed E-state index contributed by atoms with van der Waals surface area (Å²) in [4.78, 5) is 38.7. The molecule has 32 heavy (non-hydrogen) atoms. The van der Waals surface area contributed by atoms with Crippen LogP contribution in [0.4, 0.5) is 4.39 Å². The number of carbonyl (C=O) groups excluding carboxylic acids is 3. The van der Waals surface area contributed by atoms with Crippen LogP contribution in [0.1, 0.15) is 50.9 Å². The number of esters is 2. The maximum absolute atomic E-state index is 14.5. The Morgan fingerprint density at radius 3 is 2.56 bits per heavy atom. The minimum absolute atomic E-state index is 0.140. The summed E-state index contributed by atoms with van der Waals surface area (Å²) < 4.78 is 25.6. The number of benzene rings is 2. The number of hydrogen-bond donors (Lipinski definition) is 0. The minimum atomic E-state index is -0.584. The van der Waals surface area contributed by atoms with Gasteiger partial charge in [-0.25, -0.2) is 14.0 Å². The number of likely N-dealkylation sites (tertiary alicyclic amines) is 1. The summed E-state index contributed by atoms with van der Waals surface area (Å²) in [7, 11) is 0. The number of amides is 1. The van der Waals surface area contributed by atoms with Gasteiger partial charge in [0, 0.05) is 35.2 Å². The molecule has 1 aliphatic rings. The van der Waals surface area contributed by atoms with E-state index in [1.165, 1.54) is 6.07 Å².